The normalized spacial score (nSPS) is 11.9. The second-order valence-corrected chi connectivity index (χ2v) is 6.07. The summed E-state index contributed by atoms with van der Waals surface area (Å²) in [5, 5.41) is 10.1. The zero-order valence-electron chi connectivity index (χ0n) is 15.0. The summed E-state index contributed by atoms with van der Waals surface area (Å²) < 4.78 is 30.5. The molecule has 0 saturated carbocycles. The molecule has 1 atom stereocenters. The van der Waals surface area contributed by atoms with E-state index in [0.29, 0.717) is 23.5 Å². The van der Waals surface area contributed by atoms with Crippen molar-refractivity contribution in [2.24, 2.45) is 0 Å². The van der Waals surface area contributed by atoms with E-state index in [2.05, 4.69) is 25.5 Å². The van der Waals surface area contributed by atoms with E-state index in [9.17, 15) is 13.6 Å². The van der Waals surface area contributed by atoms with E-state index in [4.69, 9.17) is 0 Å². The molecule has 1 heterocycles. The molecule has 0 saturated heterocycles. The first-order chi connectivity index (χ1) is 13.5. The maximum atomic E-state index is 12.7. The fraction of sp³-hybridized carbons (Fsp3) is 0.211. The third kappa shape index (κ3) is 5.26. The lowest BCUT2D eigenvalue weighted by atomic mass is 10.1. The highest BCUT2D eigenvalue weighted by Gasteiger charge is 2.14. The van der Waals surface area contributed by atoms with Crippen LogP contribution >= 0.6 is 0 Å². The van der Waals surface area contributed by atoms with Gasteiger partial charge in [-0.25, -0.2) is 4.98 Å². The number of rotatable bonds is 8. The average Bonchev–Trinajstić information content (AvgIpc) is 3.16. The first kappa shape index (κ1) is 19.3. The van der Waals surface area contributed by atoms with Gasteiger partial charge in [-0.05, 0) is 43.3 Å². The number of carbonyl (C=O) groups excluding carboxylic acids is 1. The van der Waals surface area contributed by atoms with Crippen LogP contribution < -0.4 is 15.4 Å². The fourth-order valence-corrected chi connectivity index (χ4v) is 2.62. The minimum Gasteiger partial charge on any atom is -0.435 e. The summed E-state index contributed by atoms with van der Waals surface area (Å²) in [5.74, 6) is -0.179. The highest BCUT2D eigenvalue weighted by atomic mass is 19.3. The van der Waals surface area contributed by atoms with Crippen molar-refractivity contribution < 1.29 is 18.3 Å². The molecule has 9 heteroatoms. The molecule has 0 fully saturated rings. The van der Waals surface area contributed by atoms with E-state index in [1.54, 1.807) is 47.4 Å². The number of alkyl halides is 2. The fourth-order valence-electron chi connectivity index (χ4n) is 2.62. The van der Waals surface area contributed by atoms with Crippen molar-refractivity contribution in [2.45, 2.75) is 26.1 Å². The summed E-state index contributed by atoms with van der Waals surface area (Å²) in [4.78, 5) is 16.5. The molecule has 0 bridgehead atoms. The predicted molar refractivity (Wildman–Crippen MR) is 99.7 cm³/mol. The van der Waals surface area contributed by atoms with E-state index >= 15 is 0 Å². The van der Waals surface area contributed by atoms with Crippen LogP contribution in [0.5, 0.6) is 5.75 Å². The topological polar surface area (TPSA) is 81.1 Å². The van der Waals surface area contributed by atoms with Crippen LogP contribution in [0.15, 0.2) is 61.2 Å². The second-order valence-electron chi connectivity index (χ2n) is 6.07. The molecule has 3 aromatic rings. The molecule has 146 valence electrons. The van der Waals surface area contributed by atoms with Gasteiger partial charge in [0, 0.05) is 11.7 Å². The Bertz CT molecular complexity index is 901. The Labute approximate surface area is 160 Å². The quantitative estimate of drug-likeness (QED) is 0.619. The number of hydrogen-bond acceptors (Lipinski definition) is 5. The molecule has 1 amide bonds. The molecule has 2 aromatic carbocycles. The zero-order valence-corrected chi connectivity index (χ0v) is 15.0. The first-order valence-electron chi connectivity index (χ1n) is 8.55. The molecule has 0 aliphatic carbocycles. The second kappa shape index (κ2) is 8.94. The number of anilines is 2. The van der Waals surface area contributed by atoms with E-state index < -0.39 is 6.61 Å². The smallest absolute Gasteiger partial charge is 0.387 e. The third-order valence-electron chi connectivity index (χ3n) is 3.84. The molecule has 28 heavy (non-hydrogen) atoms. The van der Waals surface area contributed by atoms with Crippen molar-refractivity contribution in [2.75, 3.05) is 5.32 Å². The Morgan fingerprint density at radius 1 is 1.18 bits per heavy atom. The Morgan fingerprint density at radius 3 is 2.61 bits per heavy atom. The Hall–Kier alpha value is -3.49. The number of para-hydroxylation sites is 1. The van der Waals surface area contributed by atoms with E-state index in [1.165, 1.54) is 18.5 Å². The van der Waals surface area contributed by atoms with Crippen LogP contribution in [0, 0.1) is 0 Å². The van der Waals surface area contributed by atoms with Crippen LogP contribution in [0.25, 0.3) is 0 Å². The molecule has 1 unspecified atom stereocenters. The number of carbonyl (C=O) groups is 1. The van der Waals surface area contributed by atoms with Gasteiger partial charge in [-0.2, -0.15) is 13.9 Å². The summed E-state index contributed by atoms with van der Waals surface area (Å²) in [6.45, 7) is -0.507. The number of nitrogens with one attached hydrogen (secondary N) is 2. The van der Waals surface area contributed by atoms with Gasteiger partial charge in [0.1, 0.15) is 18.4 Å². The molecular formula is C19H19F2N5O2. The molecule has 0 spiro atoms. The van der Waals surface area contributed by atoms with Crippen molar-refractivity contribution >= 4 is 17.3 Å². The van der Waals surface area contributed by atoms with Crippen LogP contribution in [0.2, 0.25) is 0 Å². The van der Waals surface area contributed by atoms with Crippen molar-refractivity contribution in [3.8, 4) is 5.75 Å². The van der Waals surface area contributed by atoms with Gasteiger partial charge >= 0.3 is 6.61 Å². The maximum Gasteiger partial charge on any atom is 0.387 e. The lowest BCUT2D eigenvalue weighted by molar-refractivity contribution is -0.0498. The number of aromatic nitrogens is 3. The first-order valence-corrected chi connectivity index (χ1v) is 8.55. The van der Waals surface area contributed by atoms with Crippen molar-refractivity contribution in [1.82, 2.24) is 20.1 Å². The molecule has 2 N–H and O–H groups in total. The molecule has 3 rings (SSSR count). The molecule has 0 aliphatic rings. The lowest BCUT2D eigenvalue weighted by Gasteiger charge is -2.16. The summed E-state index contributed by atoms with van der Waals surface area (Å²) in [5.41, 5.74) is 1.69. The van der Waals surface area contributed by atoms with Gasteiger partial charge in [0.15, 0.2) is 0 Å². The lowest BCUT2D eigenvalue weighted by Crippen LogP contribution is -2.36. The van der Waals surface area contributed by atoms with E-state index in [1.807, 2.05) is 6.92 Å². The van der Waals surface area contributed by atoms with Gasteiger partial charge in [-0.3, -0.25) is 9.48 Å². The Balaban J connectivity index is 1.67. The van der Waals surface area contributed by atoms with Gasteiger partial charge < -0.3 is 15.4 Å². The van der Waals surface area contributed by atoms with Gasteiger partial charge in [0.25, 0.3) is 5.91 Å². The van der Waals surface area contributed by atoms with Crippen LogP contribution in [-0.2, 0) is 6.54 Å². The molecule has 7 nitrogen and oxygen atoms in total. The summed E-state index contributed by atoms with van der Waals surface area (Å²) in [7, 11) is 0. The van der Waals surface area contributed by atoms with Crippen LogP contribution in [0.3, 0.4) is 0 Å². The van der Waals surface area contributed by atoms with Gasteiger partial charge in [0.05, 0.1) is 17.8 Å². The number of benzene rings is 2. The largest absolute Gasteiger partial charge is 0.435 e. The monoisotopic (exact) mass is 387 g/mol. The molecule has 1 aromatic heterocycles. The van der Waals surface area contributed by atoms with Gasteiger partial charge in [-0.15, -0.1) is 0 Å². The molecule has 0 aliphatic heterocycles. The van der Waals surface area contributed by atoms with Crippen molar-refractivity contribution in [3.63, 3.8) is 0 Å². The van der Waals surface area contributed by atoms with Gasteiger partial charge in [-0.1, -0.05) is 12.1 Å². The van der Waals surface area contributed by atoms with Crippen LogP contribution in [-0.4, -0.2) is 33.3 Å². The standard InChI is InChI=1S/C19H19F2N5O2/c1-13(10-26-12-22-11-23-26)24-18(27)16-4-2-3-5-17(16)25-14-6-8-15(9-7-14)28-19(20)21/h2-9,11-13,19,25H,10H2,1H3,(H,24,27). The summed E-state index contributed by atoms with van der Waals surface area (Å²) >= 11 is 0. The Morgan fingerprint density at radius 2 is 1.93 bits per heavy atom. The third-order valence-corrected chi connectivity index (χ3v) is 3.84. The van der Waals surface area contributed by atoms with Crippen LogP contribution in [0.4, 0.5) is 20.2 Å². The summed E-state index contributed by atoms with van der Waals surface area (Å²) in [6.07, 6.45) is 3.02. The number of halogens is 2. The van der Waals surface area contributed by atoms with Crippen LogP contribution in [0.1, 0.15) is 17.3 Å². The predicted octanol–water partition coefficient (Wildman–Crippen LogP) is 3.44. The molecule has 0 radical (unpaired) electrons. The number of amides is 1. The summed E-state index contributed by atoms with van der Waals surface area (Å²) in [6, 6.07) is 12.9. The average molecular weight is 387 g/mol. The highest BCUT2D eigenvalue weighted by molar-refractivity contribution is 6.00. The molecular weight excluding hydrogens is 368 g/mol. The maximum absolute atomic E-state index is 12.7. The number of nitrogens with zero attached hydrogens (tertiary/aromatic N) is 3. The highest BCUT2D eigenvalue weighted by Crippen LogP contribution is 2.23. The van der Waals surface area contributed by atoms with Gasteiger partial charge in [0.2, 0.25) is 0 Å². The Kier molecular flexibility index (Phi) is 6.15. The minimum absolute atomic E-state index is 0.0634. The SMILES string of the molecule is CC(Cn1cncn1)NC(=O)c1ccccc1Nc1ccc(OC(F)F)cc1. The zero-order chi connectivity index (χ0) is 19.9. The number of hydrogen-bond donors (Lipinski definition) is 2. The minimum atomic E-state index is -2.87. The van der Waals surface area contributed by atoms with E-state index in [0.717, 1.165) is 0 Å². The van der Waals surface area contributed by atoms with E-state index in [-0.39, 0.29) is 17.7 Å². The van der Waals surface area contributed by atoms with Crippen molar-refractivity contribution in [1.29, 1.82) is 0 Å². The van der Waals surface area contributed by atoms with Crippen molar-refractivity contribution in [3.05, 3.63) is 66.7 Å². The number of ether oxygens (including phenoxy) is 1.